The molecule has 17 heavy (non-hydrogen) atoms. The van der Waals surface area contributed by atoms with E-state index in [2.05, 4.69) is 12.3 Å². The van der Waals surface area contributed by atoms with Gasteiger partial charge in [0.15, 0.2) is 0 Å². The van der Waals surface area contributed by atoms with Crippen LogP contribution in [0.2, 0.25) is 0 Å². The molecule has 2 heterocycles. The molecule has 4 rings (SSSR count). The summed E-state index contributed by atoms with van der Waals surface area (Å²) in [5.41, 5.74) is 4.48. The summed E-state index contributed by atoms with van der Waals surface area (Å²) in [6.07, 6.45) is 15.9. The fourth-order valence-corrected chi connectivity index (χ4v) is 3.45. The molecular formula is C16H23N. The van der Waals surface area contributed by atoms with Crippen LogP contribution < -0.4 is 0 Å². The van der Waals surface area contributed by atoms with Crippen LogP contribution in [0.25, 0.3) is 0 Å². The summed E-state index contributed by atoms with van der Waals surface area (Å²) in [6.45, 7) is 0. The van der Waals surface area contributed by atoms with Gasteiger partial charge in [0.2, 0.25) is 0 Å². The number of rotatable bonds is 0. The second-order valence-electron chi connectivity index (χ2n) is 5.78. The molecule has 2 aliphatic carbocycles. The number of aryl methyl sites for hydroxylation is 2. The van der Waals surface area contributed by atoms with Crippen LogP contribution in [0.1, 0.15) is 74.1 Å². The number of fused-ring (bicyclic) bond motifs is 8. The van der Waals surface area contributed by atoms with Gasteiger partial charge in [0.05, 0.1) is 0 Å². The Labute approximate surface area is 105 Å². The monoisotopic (exact) mass is 229 g/mol. The van der Waals surface area contributed by atoms with E-state index in [-0.39, 0.29) is 0 Å². The number of nitrogens with zero attached hydrogens (tertiary/aromatic N) is 1. The second-order valence-corrected chi connectivity index (χ2v) is 5.78. The highest BCUT2D eigenvalue weighted by atomic mass is 14.7. The minimum absolute atomic E-state index is 0.778. The van der Waals surface area contributed by atoms with Crippen LogP contribution in [0.4, 0.5) is 0 Å². The van der Waals surface area contributed by atoms with Crippen molar-refractivity contribution in [3.8, 4) is 0 Å². The molecule has 0 unspecified atom stereocenters. The van der Waals surface area contributed by atoms with Crippen molar-refractivity contribution in [3.63, 3.8) is 0 Å². The van der Waals surface area contributed by atoms with Crippen molar-refractivity contribution in [2.45, 2.75) is 70.1 Å². The molecule has 1 aromatic heterocycles. The molecule has 0 saturated carbocycles. The summed E-state index contributed by atoms with van der Waals surface area (Å²) in [6, 6.07) is 2.44. The Hall–Kier alpha value is -0.850. The quantitative estimate of drug-likeness (QED) is 0.642. The van der Waals surface area contributed by atoms with Crippen LogP contribution in [0.3, 0.4) is 0 Å². The minimum atomic E-state index is 0.778. The first kappa shape index (κ1) is 11.3. The van der Waals surface area contributed by atoms with Crippen molar-refractivity contribution in [3.05, 3.63) is 29.1 Å². The van der Waals surface area contributed by atoms with E-state index >= 15 is 0 Å². The van der Waals surface area contributed by atoms with Crippen molar-refractivity contribution in [2.24, 2.45) is 0 Å². The standard InChI is InChI=1S/C16H23N/c1-2-4-6-8-14-9-10-15-11-13(7-5-3-1)12-17-16(14)15/h11-12,14H,1-10H2/t14-/m1/s1. The summed E-state index contributed by atoms with van der Waals surface area (Å²) in [7, 11) is 0. The molecule has 1 aromatic rings. The van der Waals surface area contributed by atoms with Crippen LogP contribution in [0.15, 0.2) is 12.3 Å². The molecule has 1 aliphatic heterocycles. The van der Waals surface area contributed by atoms with E-state index in [9.17, 15) is 0 Å². The molecule has 1 heteroatoms. The van der Waals surface area contributed by atoms with E-state index in [0.717, 1.165) is 5.92 Å². The topological polar surface area (TPSA) is 12.9 Å². The van der Waals surface area contributed by atoms with Crippen LogP contribution in [0.5, 0.6) is 0 Å². The van der Waals surface area contributed by atoms with Crippen LogP contribution >= 0.6 is 0 Å². The first-order valence-corrected chi connectivity index (χ1v) is 7.41. The third-order valence-corrected chi connectivity index (χ3v) is 4.47. The molecule has 0 aromatic carbocycles. The Morgan fingerprint density at radius 3 is 2.65 bits per heavy atom. The average molecular weight is 229 g/mol. The minimum Gasteiger partial charge on any atom is -0.260 e. The third kappa shape index (κ3) is 2.53. The number of aromatic nitrogens is 1. The maximum absolute atomic E-state index is 4.77. The van der Waals surface area contributed by atoms with E-state index in [0.29, 0.717) is 0 Å². The Morgan fingerprint density at radius 1 is 0.882 bits per heavy atom. The highest BCUT2D eigenvalue weighted by Gasteiger charge is 2.23. The third-order valence-electron chi connectivity index (χ3n) is 4.47. The van der Waals surface area contributed by atoms with Gasteiger partial charge < -0.3 is 0 Å². The lowest BCUT2D eigenvalue weighted by Gasteiger charge is -2.10. The van der Waals surface area contributed by atoms with Gasteiger partial charge in [-0.2, -0.15) is 0 Å². The van der Waals surface area contributed by atoms with Gasteiger partial charge in [0.25, 0.3) is 0 Å². The lowest BCUT2D eigenvalue weighted by Crippen LogP contribution is -1.98. The zero-order valence-electron chi connectivity index (χ0n) is 10.8. The summed E-state index contributed by atoms with van der Waals surface area (Å²) in [4.78, 5) is 4.77. The van der Waals surface area contributed by atoms with Gasteiger partial charge in [-0.3, -0.25) is 4.98 Å². The number of pyridine rings is 1. The molecular weight excluding hydrogens is 206 g/mol. The maximum Gasteiger partial charge on any atom is 0.0466 e. The molecule has 0 spiro atoms. The molecule has 0 fully saturated rings. The molecule has 1 atom stereocenters. The van der Waals surface area contributed by atoms with Gasteiger partial charge in [0.1, 0.15) is 0 Å². The van der Waals surface area contributed by atoms with Crippen molar-refractivity contribution < 1.29 is 0 Å². The van der Waals surface area contributed by atoms with Gasteiger partial charge >= 0.3 is 0 Å². The first-order valence-electron chi connectivity index (χ1n) is 7.41. The molecule has 1 nitrogen and oxygen atoms in total. The largest absolute Gasteiger partial charge is 0.260 e. The lowest BCUT2D eigenvalue weighted by molar-refractivity contribution is 0.529. The van der Waals surface area contributed by atoms with Gasteiger partial charge in [-0.15, -0.1) is 0 Å². The molecule has 92 valence electrons. The zero-order valence-corrected chi connectivity index (χ0v) is 10.8. The van der Waals surface area contributed by atoms with Gasteiger partial charge in [-0.25, -0.2) is 0 Å². The molecule has 0 saturated heterocycles. The Kier molecular flexibility index (Phi) is 3.44. The normalized spacial score (nSPS) is 25.1. The van der Waals surface area contributed by atoms with Crippen molar-refractivity contribution in [2.75, 3.05) is 0 Å². The van der Waals surface area contributed by atoms with E-state index in [1.54, 1.807) is 5.56 Å². The molecule has 0 N–H and O–H groups in total. The predicted octanol–water partition coefficient (Wildman–Crippen LogP) is 4.40. The van der Waals surface area contributed by atoms with E-state index in [1.165, 1.54) is 75.5 Å². The van der Waals surface area contributed by atoms with E-state index in [4.69, 9.17) is 4.98 Å². The summed E-state index contributed by atoms with van der Waals surface area (Å²) >= 11 is 0. The Morgan fingerprint density at radius 2 is 1.71 bits per heavy atom. The summed E-state index contributed by atoms with van der Waals surface area (Å²) < 4.78 is 0. The van der Waals surface area contributed by atoms with Crippen molar-refractivity contribution in [1.82, 2.24) is 4.98 Å². The SMILES string of the molecule is c1nc2c3cc1CCCCCCCC[C@@H]2CC3. The van der Waals surface area contributed by atoms with E-state index in [1.807, 2.05) is 0 Å². The predicted molar refractivity (Wildman–Crippen MR) is 71.3 cm³/mol. The molecule has 0 amide bonds. The Bertz CT molecular complexity index is 383. The first-order chi connectivity index (χ1) is 8.43. The average Bonchev–Trinajstić information content (AvgIpc) is 2.76. The second kappa shape index (κ2) is 5.20. The molecule has 4 bridgehead atoms. The number of hydrogen-bond donors (Lipinski definition) is 0. The van der Waals surface area contributed by atoms with E-state index < -0.39 is 0 Å². The van der Waals surface area contributed by atoms with Gasteiger partial charge in [0, 0.05) is 17.8 Å². The molecule has 0 radical (unpaired) electrons. The van der Waals surface area contributed by atoms with Crippen LogP contribution in [-0.2, 0) is 12.8 Å². The van der Waals surface area contributed by atoms with Crippen LogP contribution in [-0.4, -0.2) is 4.98 Å². The van der Waals surface area contributed by atoms with Crippen molar-refractivity contribution in [1.29, 1.82) is 0 Å². The van der Waals surface area contributed by atoms with Gasteiger partial charge in [-0.05, 0) is 43.2 Å². The Balaban J connectivity index is 1.82. The number of hydrogen-bond acceptors (Lipinski definition) is 1. The smallest absolute Gasteiger partial charge is 0.0466 e. The maximum atomic E-state index is 4.77. The highest BCUT2D eigenvalue weighted by molar-refractivity contribution is 5.32. The fraction of sp³-hybridized carbons (Fsp3) is 0.688. The van der Waals surface area contributed by atoms with Crippen molar-refractivity contribution >= 4 is 0 Å². The van der Waals surface area contributed by atoms with Crippen LogP contribution in [0, 0.1) is 0 Å². The van der Waals surface area contributed by atoms with Gasteiger partial charge in [-0.1, -0.05) is 38.2 Å². The zero-order chi connectivity index (χ0) is 11.5. The lowest BCUT2D eigenvalue weighted by atomic mass is 9.98. The summed E-state index contributed by atoms with van der Waals surface area (Å²) in [5.74, 6) is 0.778. The fourth-order valence-electron chi connectivity index (χ4n) is 3.45. The molecule has 3 aliphatic rings. The summed E-state index contributed by atoms with van der Waals surface area (Å²) in [5, 5.41) is 0. The highest BCUT2D eigenvalue weighted by Crippen LogP contribution is 2.36.